The van der Waals surface area contributed by atoms with Crippen LogP contribution in [0.25, 0.3) is 23.2 Å². The fourth-order valence-electron chi connectivity index (χ4n) is 3.34. The van der Waals surface area contributed by atoms with Crippen molar-refractivity contribution in [2.24, 2.45) is 0 Å². The van der Waals surface area contributed by atoms with E-state index in [0.717, 1.165) is 5.52 Å². The third-order valence-corrected chi connectivity index (χ3v) is 5.07. The summed E-state index contributed by atoms with van der Waals surface area (Å²) in [5, 5.41) is 0.0331. The molecule has 0 unspecified atom stereocenters. The van der Waals surface area contributed by atoms with Gasteiger partial charge in [-0.05, 0) is 63.6 Å². The highest BCUT2D eigenvalue weighted by atomic mass is 35.5. The number of aryl methyl sites for hydroxylation is 1. The quantitative estimate of drug-likeness (QED) is 0.400. The van der Waals surface area contributed by atoms with E-state index in [1.54, 1.807) is 42.5 Å². The monoisotopic (exact) mass is 472 g/mol. The van der Waals surface area contributed by atoms with Gasteiger partial charge >= 0.3 is 11.9 Å². The average molecular weight is 473 g/mol. The fraction of sp³-hybridized carbons (Fsp3) is 0.320. The van der Waals surface area contributed by atoms with Crippen LogP contribution >= 0.6 is 11.6 Å². The molecule has 0 aliphatic carbocycles. The minimum atomic E-state index is -0.544. The predicted molar refractivity (Wildman–Crippen MR) is 126 cm³/mol. The Labute approximate surface area is 197 Å². The minimum absolute atomic E-state index is 0.0331. The summed E-state index contributed by atoms with van der Waals surface area (Å²) in [5.74, 6) is -0.709. The van der Waals surface area contributed by atoms with Crippen LogP contribution in [-0.4, -0.2) is 34.2 Å². The number of hydrogen-bond donors (Lipinski definition) is 0. The van der Waals surface area contributed by atoms with Crippen LogP contribution in [0.1, 0.15) is 55.4 Å². The maximum absolute atomic E-state index is 14.3. The number of methoxy groups -OCH3 is 1. The molecule has 2 aromatic carbocycles. The Balaban J connectivity index is 1.92. The van der Waals surface area contributed by atoms with E-state index >= 15 is 0 Å². The van der Waals surface area contributed by atoms with Gasteiger partial charge in [0.15, 0.2) is 0 Å². The first-order valence-electron chi connectivity index (χ1n) is 10.5. The highest BCUT2D eigenvalue weighted by Crippen LogP contribution is 2.23. The third-order valence-electron chi connectivity index (χ3n) is 4.77. The van der Waals surface area contributed by atoms with Crippen molar-refractivity contribution in [1.29, 1.82) is 0 Å². The van der Waals surface area contributed by atoms with Crippen LogP contribution in [0.3, 0.4) is 0 Å². The molecule has 0 N–H and O–H groups in total. The van der Waals surface area contributed by atoms with Gasteiger partial charge in [0.05, 0.1) is 28.7 Å². The summed E-state index contributed by atoms with van der Waals surface area (Å²) in [7, 11) is 1.31. The van der Waals surface area contributed by atoms with E-state index in [9.17, 15) is 14.0 Å². The SMILES string of the molecule is COC(=O)c1ccc2c(c1)nc(/C=C/c1cccc(Cl)c1F)n2CCCC(=O)OC(C)(C)C. The molecule has 0 aliphatic heterocycles. The van der Waals surface area contributed by atoms with Crippen LogP contribution in [0.5, 0.6) is 0 Å². The molecule has 174 valence electrons. The van der Waals surface area contributed by atoms with E-state index in [1.165, 1.54) is 13.2 Å². The van der Waals surface area contributed by atoms with Gasteiger partial charge in [-0.3, -0.25) is 4.79 Å². The molecule has 0 radical (unpaired) electrons. The van der Waals surface area contributed by atoms with Gasteiger partial charge in [-0.25, -0.2) is 14.2 Å². The number of fused-ring (bicyclic) bond motifs is 1. The molecule has 1 aromatic heterocycles. The number of carbonyl (C=O) groups is 2. The number of benzene rings is 2. The van der Waals surface area contributed by atoms with Gasteiger partial charge in [0.1, 0.15) is 17.2 Å². The Hall–Kier alpha value is -3.19. The van der Waals surface area contributed by atoms with Crippen LogP contribution in [-0.2, 0) is 20.8 Å². The first-order chi connectivity index (χ1) is 15.6. The largest absolute Gasteiger partial charge is 0.465 e. The number of imidazole rings is 1. The van der Waals surface area contributed by atoms with Gasteiger partial charge in [-0.15, -0.1) is 0 Å². The molecule has 0 atom stereocenters. The number of esters is 2. The topological polar surface area (TPSA) is 70.4 Å². The van der Waals surface area contributed by atoms with E-state index in [4.69, 9.17) is 21.1 Å². The van der Waals surface area contributed by atoms with Gasteiger partial charge in [0.2, 0.25) is 0 Å². The number of ether oxygens (including phenoxy) is 2. The second-order valence-corrected chi connectivity index (χ2v) is 8.89. The molecule has 0 saturated carbocycles. The molecule has 3 rings (SSSR count). The van der Waals surface area contributed by atoms with Gasteiger partial charge in [0, 0.05) is 18.5 Å². The highest BCUT2D eigenvalue weighted by Gasteiger charge is 2.17. The molecule has 33 heavy (non-hydrogen) atoms. The maximum Gasteiger partial charge on any atom is 0.337 e. The molecule has 3 aromatic rings. The Morgan fingerprint density at radius 2 is 1.94 bits per heavy atom. The van der Waals surface area contributed by atoms with Crippen LogP contribution in [0, 0.1) is 5.82 Å². The first-order valence-corrected chi connectivity index (χ1v) is 10.9. The van der Waals surface area contributed by atoms with Crippen LogP contribution < -0.4 is 0 Å². The van der Waals surface area contributed by atoms with Crippen LogP contribution in [0.2, 0.25) is 5.02 Å². The van der Waals surface area contributed by atoms with Gasteiger partial charge < -0.3 is 14.0 Å². The Morgan fingerprint density at radius 3 is 2.64 bits per heavy atom. The fourth-order valence-corrected chi connectivity index (χ4v) is 3.52. The van der Waals surface area contributed by atoms with E-state index in [2.05, 4.69) is 4.98 Å². The summed E-state index contributed by atoms with van der Waals surface area (Å²) >= 11 is 5.88. The lowest BCUT2D eigenvalue weighted by Gasteiger charge is -2.19. The van der Waals surface area contributed by atoms with Gasteiger partial charge in [-0.1, -0.05) is 23.7 Å². The number of halogens is 2. The molecule has 0 fully saturated rings. The van der Waals surface area contributed by atoms with E-state index in [1.807, 2.05) is 25.3 Å². The third kappa shape index (κ3) is 6.20. The highest BCUT2D eigenvalue weighted by molar-refractivity contribution is 6.30. The van der Waals surface area contributed by atoms with Crippen molar-refractivity contribution >= 4 is 46.7 Å². The lowest BCUT2D eigenvalue weighted by atomic mass is 10.2. The zero-order valence-electron chi connectivity index (χ0n) is 19.0. The van der Waals surface area contributed by atoms with Crippen molar-refractivity contribution in [1.82, 2.24) is 9.55 Å². The van der Waals surface area contributed by atoms with E-state index < -0.39 is 17.4 Å². The molecule has 0 saturated heterocycles. The van der Waals surface area contributed by atoms with Crippen molar-refractivity contribution < 1.29 is 23.5 Å². The number of nitrogens with zero attached hydrogens (tertiary/aromatic N) is 2. The van der Waals surface area contributed by atoms with Crippen molar-refractivity contribution in [2.45, 2.75) is 45.8 Å². The molecular formula is C25H26ClFN2O4. The molecule has 1 heterocycles. The van der Waals surface area contributed by atoms with Crippen LogP contribution in [0.4, 0.5) is 4.39 Å². The molecule has 0 spiro atoms. The van der Waals surface area contributed by atoms with Gasteiger partial charge in [0.25, 0.3) is 0 Å². The Bertz CT molecular complexity index is 1210. The second kappa shape index (κ2) is 10.2. The van der Waals surface area contributed by atoms with Crippen molar-refractivity contribution in [3.05, 3.63) is 64.2 Å². The van der Waals surface area contributed by atoms with E-state index in [-0.39, 0.29) is 17.4 Å². The Kier molecular flexibility index (Phi) is 7.53. The van der Waals surface area contributed by atoms with Crippen molar-refractivity contribution in [3.63, 3.8) is 0 Å². The predicted octanol–water partition coefficient (Wildman–Crippen LogP) is 5.91. The normalized spacial score (nSPS) is 11.8. The van der Waals surface area contributed by atoms with Crippen molar-refractivity contribution in [2.75, 3.05) is 7.11 Å². The minimum Gasteiger partial charge on any atom is -0.465 e. The standard InChI is InChI=1S/C25H26ClFN2O4/c1-25(2,3)33-22(30)9-6-14-29-20-12-10-17(24(31)32-4)15-19(20)28-21(29)13-11-16-7-5-8-18(26)23(16)27/h5,7-8,10-13,15H,6,9,14H2,1-4H3/b13-11+. The summed E-state index contributed by atoms with van der Waals surface area (Å²) in [5.41, 5.74) is 1.52. The molecule has 8 heteroatoms. The average Bonchev–Trinajstić information content (AvgIpc) is 3.09. The smallest absolute Gasteiger partial charge is 0.337 e. The summed E-state index contributed by atoms with van der Waals surface area (Å²) in [6.07, 6.45) is 4.03. The van der Waals surface area contributed by atoms with Gasteiger partial charge in [-0.2, -0.15) is 0 Å². The summed E-state index contributed by atoms with van der Waals surface area (Å²) < 4.78 is 26.4. The second-order valence-electron chi connectivity index (χ2n) is 8.48. The number of hydrogen-bond acceptors (Lipinski definition) is 5. The maximum atomic E-state index is 14.3. The molecule has 0 aliphatic rings. The first kappa shape index (κ1) is 24.5. The lowest BCUT2D eigenvalue weighted by molar-refractivity contribution is -0.154. The Morgan fingerprint density at radius 1 is 1.18 bits per heavy atom. The lowest BCUT2D eigenvalue weighted by Crippen LogP contribution is -2.23. The molecular weight excluding hydrogens is 447 g/mol. The van der Waals surface area contributed by atoms with Crippen LogP contribution in [0.15, 0.2) is 36.4 Å². The molecule has 0 amide bonds. The molecule has 0 bridgehead atoms. The number of carbonyl (C=O) groups excluding carboxylic acids is 2. The van der Waals surface area contributed by atoms with Crippen molar-refractivity contribution in [3.8, 4) is 0 Å². The van der Waals surface area contributed by atoms with E-state index in [0.29, 0.717) is 35.4 Å². The summed E-state index contributed by atoms with van der Waals surface area (Å²) in [4.78, 5) is 28.6. The zero-order chi connectivity index (χ0) is 24.2. The zero-order valence-corrected chi connectivity index (χ0v) is 19.8. The number of rotatable bonds is 7. The summed E-state index contributed by atoms with van der Waals surface area (Å²) in [6, 6.07) is 9.83. The number of aromatic nitrogens is 2. The summed E-state index contributed by atoms with van der Waals surface area (Å²) in [6.45, 7) is 5.95. The molecule has 6 nitrogen and oxygen atoms in total.